The predicted octanol–water partition coefficient (Wildman–Crippen LogP) is 4.17. The molecule has 0 aromatic heterocycles. The third-order valence-electron chi connectivity index (χ3n) is 4.89. The highest BCUT2D eigenvalue weighted by atomic mass is 16.5. The Bertz CT molecular complexity index is 426. The Morgan fingerprint density at radius 3 is 2.35 bits per heavy atom. The first kappa shape index (κ1) is 18.3. The molecule has 130 valence electrons. The van der Waals surface area contributed by atoms with Crippen LogP contribution in [-0.2, 0) is 6.54 Å². The maximum Gasteiger partial charge on any atom is 0.119 e. The number of likely N-dealkylation sites (N-methyl/N-ethyl adjacent to an activating group) is 1. The molecule has 1 aromatic carbocycles. The Labute approximate surface area is 142 Å². The minimum absolute atomic E-state index is 0.767. The molecule has 0 aliphatic heterocycles. The fraction of sp³-hybridized carbons (Fsp3) is 0.700. The number of benzene rings is 1. The zero-order chi connectivity index (χ0) is 16.5. The summed E-state index contributed by atoms with van der Waals surface area (Å²) in [5.74, 6) is 0.990. The van der Waals surface area contributed by atoms with Crippen molar-refractivity contribution < 1.29 is 4.74 Å². The standard InChI is InChI=1S/C20H34N2O/c1-4-14-21(2)17-18-10-12-20(13-11-18)23-16-15-22(3)19-8-6-5-7-9-19/h10-13,19H,4-9,14-17H2,1-3H3. The van der Waals surface area contributed by atoms with Gasteiger partial charge in [0, 0.05) is 19.1 Å². The number of nitrogens with zero attached hydrogens (tertiary/aromatic N) is 2. The molecule has 1 aromatic rings. The second-order valence-corrected chi connectivity index (χ2v) is 7.00. The van der Waals surface area contributed by atoms with Crippen LogP contribution in [-0.4, -0.2) is 49.6 Å². The van der Waals surface area contributed by atoms with Crippen molar-refractivity contribution in [2.45, 2.75) is 58.0 Å². The Kier molecular flexibility index (Phi) is 7.90. The summed E-state index contributed by atoms with van der Waals surface area (Å²) in [6, 6.07) is 9.35. The summed E-state index contributed by atoms with van der Waals surface area (Å²) in [7, 11) is 4.42. The molecule has 0 atom stereocenters. The van der Waals surface area contributed by atoms with Crippen molar-refractivity contribution in [2.24, 2.45) is 0 Å². The van der Waals surface area contributed by atoms with Crippen LogP contribution in [0.1, 0.15) is 51.0 Å². The molecular formula is C20H34N2O. The van der Waals surface area contributed by atoms with Crippen molar-refractivity contribution in [1.29, 1.82) is 0 Å². The van der Waals surface area contributed by atoms with Gasteiger partial charge in [-0.25, -0.2) is 0 Å². The van der Waals surface area contributed by atoms with E-state index >= 15 is 0 Å². The van der Waals surface area contributed by atoms with E-state index in [4.69, 9.17) is 4.74 Å². The summed E-state index contributed by atoms with van der Waals surface area (Å²) in [5.41, 5.74) is 1.35. The van der Waals surface area contributed by atoms with E-state index in [1.807, 2.05) is 0 Å². The van der Waals surface area contributed by atoms with Gasteiger partial charge in [0.25, 0.3) is 0 Å². The lowest BCUT2D eigenvalue weighted by molar-refractivity contribution is 0.160. The normalized spacial score (nSPS) is 16.2. The van der Waals surface area contributed by atoms with E-state index in [2.05, 4.69) is 55.1 Å². The molecule has 0 radical (unpaired) electrons. The summed E-state index contributed by atoms with van der Waals surface area (Å²) >= 11 is 0. The fourth-order valence-corrected chi connectivity index (χ4v) is 3.48. The maximum atomic E-state index is 5.92. The van der Waals surface area contributed by atoms with Crippen molar-refractivity contribution >= 4 is 0 Å². The van der Waals surface area contributed by atoms with Gasteiger partial charge in [-0.15, -0.1) is 0 Å². The van der Waals surface area contributed by atoms with Gasteiger partial charge < -0.3 is 14.5 Å². The van der Waals surface area contributed by atoms with Crippen LogP contribution in [0.3, 0.4) is 0 Å². The first-order chi connectivity index (χ1) is 11.2. The van der Waals surface area contributed by atoms with Gasteiger partial charge in [0.15, 0.2) is 0 Å². The highest BCUT2D eigenvalue weighted by molar-refractivity contribution is 5.27. The molecule has 0 heterocycles. The predicted molar refractivity (Wildman–Crippen MR) is 98.1 cm³/mol. The molecule has 0 amide bonds. The molecule has 0 saturated heterocycles. The van der Waals surface area contributed by atoms with Crippen LogP contribution in [0.4, 0.5) is 0 Å². The zero-order valence-corrected chi connectivity index (χ0v) is 15.3. The molecule has 0 spiro atoms. The van der Waals surface area contributed by atoms with Crippen molar-refractivity contribution in [3.8, 4) is 5.75 Å². The molecule has 23 heavy (non-hydrogen) atoms. The molecule has 1 aliphatic carbocycles. The van der Waals surface area contributed by atoms with E-state index in [1.54, 1.807) is 0 Å². The lowest BCUT2D eigenvalue weighted by Gasteiger charge is -2.31. The van der Waals surface area contributed by atoms with Crippen LogP contribution >= 0.6 is 0 Å². The monoisotopic (exact) mass is 318 g/mol. The Hall–Kier alpha value is -1.06. The highest BCUT2D eigenvalue weighted by Crippen LogP contribution is 2.21. The first-order valence-electron chi connectivity index (χ1n) is 9.29. The fourth-order valence-electron chi connectivity index (χ4n) is 3.48. The van der Waals surface area contributed by atoms with Gasteiger partial charge in [-0.1, -0.05) is 38.3 Å². The van der Waals surface area contributed by atoms with E-state index < -0.39 is 0 Å². The van der Waals surface area contributed by atoms with Crippen LogP contribution < -0.4 is 4.74 Å². The van der Waals surface area contributed by atoms with E-state index in [1.165, 1.54) is 44.1 Å². The molecule has 1 fully saturated rings. The maximum absolute atomic E-state index is 5.92. The minimum atomic E-state index is 0.767. The van der Waals surface area contributed by atoms with Gasteiger partial charge in [-0.2, -0.15) is 0 Å². The van der Waals surface area contributed by atoms with E-state index in [0.29, 0.717) is 0 Å². The van der Waals surface area contributed by atoms with Crippen molar-refractivity contribution in [1.82, 2.24) is 9.80 Å². The summed E-state index contributed by atoms with van der Waals surface area (Å²) in [6.07, 6.45) is 8.12. The molecule has 0 N–H and O–H groups in total. The molecule has 3 nitrogen and oxygen atoms in total. The van der Waals surface area contributed by atoms with E-state index in [9.17, 15) is 0 Å². The number of rotatable bonds is 9. The second kappa shape index (κ2) is 9.94. The highest BCUT2D eigenvalue weighted by Gasteiger charge is 2.17. The van der Waals surface area contributed by atoms with Gasteiger partial charge in [0.2, 0.25) is 0 Å². The van der Waals surface area contributed by atoms with Gasteiger partial charge in [0.1, 0.15) is 12.4 Å². The van der Waals surface area contributed by atoms with Gasteiger partial charge >= 0.3 is 0 Å². The Morgan fingerprint density at radius 2 is 1.70 bits per heavy atom. The molecule has 3 heteroatoms. The molecule has 0 bridgehead atoms. The average molecular weight is 319 g/mol. The minimum Gasteiger partial charge on any atom is -0.492 e. The zero-order valence-electron chi connectivity index (χ0n) is 15.3. The van der Waals surface area contributed by atoms with Crippen molar-refractivity contribution in [3.05, 3.63) is 29.8 Å². The SMILES string of the molecule is CCCN(C)Cc1ccc(OCCN(C)C2CCCCC2)cc1. The van der Waals surface area contributed by atoms with Gasteiger partial charge in [0.05, 0.1) is 0 Å². The Morgan fingerprint density at radius 1 is 1.00 bits per heavy atom. The van der Waals surface area contributed by atoms with Gasteiger partial charge in [-0.3, -0.25) is 0 Å². The average Bonchev–Trinajstić information content (AvgIpc) is 2.57. The van der Waals surface area contributed by atoms with Crippen molar-refractivity contribution in [3.63, 3.8) is 0 Å². The molecule has 1 aliphatic rings. The van der Waals surface area contributed by atoms with Gasteiger partial charge in [-0.05, 0) is 57.6 Å². The summed E-state index contributed by atoms with van der Waals surface area (Å²) < 4.78 is 5.92. The third-order valence-corrected chi connectivity index (χ3v) is 4.89. The number of hydrogen-bond donors (Lipinski definition) is 0. The van der Waals surface area contributed by atoms with Crippen LogP contribution in [0.25, 0.3) is 0 Å². The first-order valence-corrected chi connectivity index (χ1v) is 9.29. The summed E-state index contributed by atoms with van der Waals surface area (Å²) in [4.78, 5) is 4.84. The Balaban J connectivity index is 1.69. The topological polar surface area (TPSA) is 15.7 Å². The number of ether oxygens (including phenoxy) is 1. The van der Waals surface area contributed by atoms with Crippen LogP contribution in [0.2, 0.25) is 0 Å². The lowest BCUT2D eigenvalue weighted by atomic mass is 9.94. The van der Waals surface area contributed by atoms with Crippen LogP contribution in [0.5, 0.6) is 5.75 Å². The third kappa shape index (κ3) is 6.52. The van der Waals surface area contributed by atoms with Crippen LogP contribution in [0, 0.1) is 0 Å². The lowest BCUT2D eigenvalue weighted by Crippen LogP contribution is -2.36. The van der Waals surface area contributed by atoms with Crippen LogP contribution in [0.15, 0.2) is 24.3 Å². The van der Waals surface area contributed by atoms with E-state index in [-0.39, 0.29) is 0 Å². The summed E-state index contributed by atoms with van der Waals surface area (Å²) in [5, 5.41) is 0. The molecule has 0 unspecified atom stereocenters. The summed E-state index contributed by atoms with van der Waals surface area (Å²) in [6.45, 7) is 6.18. The molecule has 1 saturated carbocycles. The van der Waals surface area contributed by atoms with Crippen molar-refractivity contribution in [2.75, 3.05) is 33.8 Å². The largest absolute Gasteiger partial charge is 0.492 e. The smallest absolute Gasteiger partial charge is 0.119 e. The molecule has 2 rings (SSSR count). The molecular weight excluding hydrogens is 284 g/mol. The second-order valence-electron chi connectivity index (χ2n) is 7.00. The number of hydrogen-bond acceptors (Lipinski definition) is 3. The van der Waals surface area contributed by atoms with E-state index in [0.717, 1.165) is 38.0 Å². The quantitative estimate of drug-likeness (QED) is 0.679.